The Labute approximate surface area is 129 Å². The summed E-state index contributed by atoms with van der Waals surface area (Å²) in [6, 6.07) is 2.24. The maximum Gasteiger partial charge on any atom is 0.326 e. The number of nitrogens with one attached hydrogen (secondary N) is 1. The zero-order chi connectivity index (χ0) is 15.4. The second kappa shape index (κ2) is 6.75. The van der Waals surface area contributed by atoms with E-state index < -0.39 is 23.8 Å². The number of likely N-dealkylation sites (tertiary alicyclic amines) is 1. The van der Waals surface area contributed by atoms with E-state index in [1.807, 2.05) is 0 Å². The summed E-state index contributed by atoms with van der Waals surface area (Å²) in [5.74, 6) is -1.84. The van der Waals surface area contributed by atoms with Crippen LogP contribution in [-0.2, 0) is 9.59 Å². The number of carboxylic acids is 1. The molecule has 0 bridgehead atoms. The summed E-state index contributed by atoms with van der Waals surface area (Å²) in [6.45, 7) is 0.152. The standard InChI is InChI=1S/C13H15BrN2O5/c14-10-5-4-9(21-10)12(18)15-7-11(17)16-6-2-1-3-8(16)13(19)20/h4-5,8H,1-3,6-7H2,(H,15,18)(H,19,20)/t8-/m1/s1. The van der Waals surface area contributed by atoms with Gasteiger partial charge in [0.1, 0.15) is 6.04 Å². The van der Waals surface area contributed by atoms with Gasteiger partial charge < -0.3 is 19.7 Å². The molecule has 1 atom stereocenters. The third-order valence-electron chi connectivity index (χ3n) is 3.31. The Morgan fingerprint density at radius 2 is 2.14 bits per heavy atom. The minimum Gasteiger partial charge on any atom is -0.480 e. The molecule has 2 N–H and O–H groups in total. The first kappa shape index (κ1) is 15.6. The van der Waals surface area contributed by atoms with Crippen LogP contribution in [-0.4, -0.2) is 46.9 Å². The highest BCUT2D eigenvalue weighted by atomic mass is 79.9. The van der Waals surface area contributed by atoms with E-state index in [0.717, 1.165) is 12.8 Å². The maximum atomic E-state index is 12.1. The first-order chi connectivity index (χ1) is 9.99. The smallest absolute Gasteiger partial charge is 0.326 e. The molecule has 2 rings (SSSR count). The lowest BCUT2D eigenvalue weighted by Gasteiger charge is -2.32. The second-order valence-electron chi connectivity index (χ2n) is 4.72. The van der Waals surface area contributed by atoms with Gasteiger partial charge in [-0.3, -0.25) is 9.59 Å². The number of aliphatic carboxylic acids is 1. The molecule has 0 spiro atoms. The number of halogens is 1. The Bertz CT molecular complexity index is 557. The Hall–Kier alpha value is -1.83. The summed E-state index contributed by atoms with van der Waals surface area (Å²) in [5, 5.41) is 11.5. The fourth-order valence-electron chi connectivity index (χ4n) is 2.27. The van der Waals surface area contributed by atoms with Gasteiger partial charge in [-0.25, -0.2) is 4.79 Å². The molecule has 0 radical (unpaired) electrons. The lowest BCUT2D eigenvalue weighted by Crippen LogP contribution is -2.51. The van der Waals surface area contributed by atoms with Gasteiger partial charge in [-0.2, -0.15) is 0 Å². The van der Waals surface area contributed by atoms with Gasteiger partial charge in [0.15, 0.2) is 10.4 Å². The zero-order valence-corrected chi connectivity index (χ0v) is 12.8. The van der Waals surface area contributed by atoms with Crippen molar-refractivity contribution in [1.82, 2.24) is 10.2 Å². The van der Waals surface area contributed by atoms with E-state index in [4.69, 9.17) is 9.52 Å². The van der Waals surface area contributed by atoms with E-state index in [2.05, 4.69) is 21.2 Å². The van der Waals surface area contributed by atoms with Crippen LogP contribution < -0.4 is 5.32 Å². The van der Waals surface area contributed by atoms with Crippen LogP contribution in [0.5, 0.6) is 0 Å². The van der Waals surface area contributed by atoms with Gasteiger partial charge in [0.2, 0.25) is 5.91 Å². The zero-order valence-electron chi connectivity index (χ0n) is 11.2. The van der Waals surface area contributed by atoms with Crippen LogP contribution in [0.1, 0.15) is 29.8 Å². The predicted octanol–water partition coefficient (Wildman–Crippen LogP) is 1.24. The molecular formula is C13H15BrN2O5. The van der Waals surface area contributed by atoms with Crippen LogP contribution >= 0.6 is 15.9 Å². The number of furan rings is 1. The Morgan fingerprint density at radius 3 is 2.76 bits per heavy atom. The van der Waals surface area contributed by atoms with Crippen LogP contribution in [0.4, 0.5) is 0 Å². The molecule has 1 fully saturated rings. The van der Waals surface area contributed by atoms with Crippen LogP contribution in [0.2, 0.25) is 0 Å². The van der Waals surface area contributed by atoms with Crippen molar-refractivity contribution in [2.24, 2.45) is 0 Å². The van der Waals surface area contributed by atoms with Crippen molar-refractivity contribution >= 4 is 33.7 Å². The molecule has 8 heteroatoms. The largest absolute Gasteiger partial charge is 0.480 e. The van der Waals surface area contributed by atoms with Crippen molar-refractivity contribution < 1.29 is 23.9 Å². The minimum absolute atomic E-state index is 0.0862. The highest BCUT2D eigenvalue weighted by Crippen LogP contribution is 2.17. The quantitative estimate of drug-likeness (QED) is 0.843. The second-order valence-corrected chi connectivity index (χ2v) is 5.50. The topological polar surface area (TPSA) is 99.9 Å². The van der Waals surface area contributed by atoms with Crippen molar-refractivity contribution in [2.75, 3.05) is 13.1 Å². The van der Waals surface area contributed by atoms with Crippen molar-refractivity contribution in [1.29, 1.82) is 0 Å². The lowest BCUT2D eigenvalue weighted by molar-refractivity contribution is -0.151. The Kier molecular flexibility index (Phi) is 5.00. The third-order valence-corrected chi connectivity index (χ3v) is 3.73. The molecule has 1 aliphatic heterocycles. The molecule has 0 aliphatic carbocycles. The van der Waals surface area contributed by atoms with E-state index in [1.165, 1.54) is 11.0 Å². The van der Waals surface area contributed by atoms with Crippen molar-refractivity contribution in [3.8, 4) is 0 Å². The van der Waals surface area contributed by atoms with E-state index >= 15 is 0 Å². The molecule has 2 heterocycles. The molecule has 0 saturated carbocycles. The number of carbonyl (C=O) groups excluding carboxylic acids is 2. The molecule has 2 amide bonds. The van der Waals surface area contributed by atoms with Crippen LogP contribution in [0.3, 0.4) is 0 Å². The summed E-state index contributed by atoms with van der Waals surface area (Å²) in [4.78, 5) is 36.2. The number of hydrogen-bond acceptors (Lipinski definition) is 4. The summed E-state index contributed by atoms with van der Waals surface area (Å²) in [6.07, 6.45) is 2.00. The van der Waals surface area contributed by atoms with Gasteiger partial charge in [-0.1, -0.05) is 0 Å². The Morgan fingerprint density at radius 1 is 1.38 bits per heavy atom. The number of piperidine rings is 1. The molecule has 21 heavy (non-hydrogen) atoms. The number of carbonyl (C=O) groups is 3. The molecule has 1 aromatic heterocycles. The van der Waals surface area contributed by atoms with E-state index in [0.29, 0.717) is 17.6 Å². The fourth-order valence-corrected chi connectivity index (χ4v) is 2.57. The number of rotatable bonds is 4. The van der Waals surface area contributed by atoms with Crippen LogP contribution in [0, 0.1) is 0 Å². The first-order valence-electron chi connectivity index (χ1n) is 6.55. The van der Waals surface area contributed by atoms with Gasteiger partial charge in [0.25, 0.3) is 5.91 Å². The third kappa shape index (κ3) is 3.84. The number of carboxylic acid groups (broad SMARTS) is 1. The van der Waals surface area contributed by atoms with Crippen LogP contribution in [0.15, 0.2) is 21.2 Å². The summed E-state index contributed by atoms with van der Waals surface area (Å²) in [5.41, 5.74) is 0. The average Bonchev–Trinajstić information content (AvgIpc) is 2.91. The van der Waals surface area contributed by atoms with E-state index in [1.54, 1.807) is 6.07 Å². The number of amides is 2. The molecule has 1 aromatic rings. The summed E-state index contributed by atoms with van der Waals surface area (Å²) >= 11 is 3.08. The minimum atomic E-state index is -1.01. The van der Waals surface area contributed by atoms with Gasteiger partial charge in [-0.05, 0) is 47.3 Å². The lowest BCUT2D eigenvalue weighted by atomic mass is 10.0. The molecule has 7 nitrogen and oxygen atoms in total. The van der Waals surface area contributed by atoms with Gasteiger partial charge in [-0.15, -0.1) is 0 Å². The van der Waals surface area contributed by atoms with Crippen LogP contribution in [0.25, 0.3) is 0 Å². The number of hydrogen-bond donors (Lipinski definition) is 2. The highest BCUT2D eigenvalue weighted by Gasteiger charge is 2.31. The molecular weight excluding hydrogens is 344 g/mol. The van der Waals surface area contributed by atoms with Crippen molar-refractivity contribution in [3.05, 3.63) is 22.6 Å². The average molecular weight is 359 g/mol. The summed E-state index contributed by atoms with van der Waals surface area (Å²) in [7, 11) is 0. The normalized spacial score (nSPS) is 18.3. The van der Waals surface area contributed by atoms with Crippen molar-refractivity contribution in [3.63, 3.8) is 0 Å². The molecule has 1 saturated heterocycles. The predicted molar refractivity (Wildman–Crippen MR) is 75.7 cm³/mol. The molecule has 0 unspecified atom stereocenters. The monoisotopic (exact) mass is 358 g/mol. The number of nitrogens with zero attached hydrogens (tertiary/aromatic N) is 1. The van der Waals surface area contributed by atoms with Gasteiger partial charge in [0, 0.05) is 6.54 Å². The SMILES string of the molecule is O=C(NCC(=O)N1CCCC[C@@H]1C(=O)O)c1ccc(Br)o1. The van der Waals surface area contributed by atoms with Crippen molar-refractivity contribution in [2.45, 2.75) is 25.3 Å². The van der Waals surface area contributed by atoms with E-state index in [-0.39, 0.29) is 12.3 Å². The molecule has 0 aromatic carbocycles. The maximum absolute atomic E-state index is 12.1. The van der Waals surface area contributed by atoms with E-state index in [9.17, 15) is 14.4 Å². The van der Waals surface area contributed by atoms with Gasteiger partial charge in [0.05, 0.1) is 6.54 Å². The summed E-state index contributed by atoms with van der Waals surface area (Å²) < 4.78 is 5.49. The fraction of sp³-hybridized carbons (Fsp3) is 0.462. The Balaban J connectivity index is 1.91. The molecule has 1 aliphatic rings. The highest BCUT2D eigenvalue weighted by molar-refractivity contribution is 9.10. The first-order valence-corrected chi connectivity index (χ1v) is 7.34. The molecule has 114 valence electrons. The van der Waals surface area contributed by atoms with Gasteiger partial charge >= 0.3 is 5.97 Å².